The van der Waals surface area contributed by atoms with Gasteiger partial charge in [0.05, 0.1) is 27.3 Å². The van der Waals surface area contributed by atoms with Gasteiger partial charge in [-0.1, -0.05) is 72.5 Å². The molecule has 2 N–H and O–H groups in total. The van der Waals surface area contributed by atoms with E-state index < -0.39 is 12.1 Å². The minimum Gasteiger partial charge on any atom is -0.468 e. The van der Waals surface area contributed by atoms with Gasteiger partial charge >= 0.3 is 11.9 Å². The lowest BCUT2D eigenvalue weighted by molar-refractivity contribution is -0.143. The minimum atomic E-state index is -0.472. The van der Waals surface area contributed by atoms with Crippen LogP contribution in [0.15, 0.2) is 60.7 Å². The van der Waals surface area contributed by atoms with Crippen molar-refractivity contribution in [3.63, 3.8) is 0 Å². The predicted octanol–water partition coefficient (Wildman–Crippen LogP) is 1.74. The highest BCUT2D eigenvalue weighted by Gasteiger charge is 2.19. The van der Waals surface area contributed by atoms with Crippen LogP contribution in [0.4, 0.5) is 0 Å². The summed E-state index contributed by atoms with van der Waals surface area (Å²) in [6.45, 7) is 0.658. The number of nitrogens with one attached hydrogen (secondary N) is 2. The normalized spacial score (nSPS) is 12.2. The molecule has 0 fully saturated rings. The molecule has 2 aromatic carbocycles. The molecule has 0 aromatic heterocycles. The molecule has 0 unspecified atom stereocenters. The van der Waals surface area contributed by atoms with Crippen LogP contribution in [-0.4, -0.2) is 51.3 Å². The summed E-state index contributed by atoms with van der Waals surface area (Å²) in [5.41, 5.74) is 2.08. The van der Waals surface area contributed by atoms with Crippen LogP contribution in [0.5, 0.6) is 0 Å². The van der Waals surface area contributed by atoms with Gasteiger partial charge in [0, 0.05) is 0 Å². The van der Waals surface area contributed by atoms with Gasteiger partial charge in [-0.2, -0.15) is 0 Å². The Morgan fingerprint density at radius 1 is 0.733 bits per heavy atom. The Morgan fingerprint density at radius 3 is 1.43 bits per heavy atom. The van der Waals surface area contributed by atoms with Crippen LogP contribution in [0.25, 0.3) is 0 Å². The highest BCUT2D eigenvalue weighted by atomic mass is 16.5. The summed E-state index contributed by atoms with van der Waals surface area (Å²) in [5, 5.41) is 6.23. The summed E-state index contributed by atoms with van der Waals surface area (Å²) in [6.07, 6.45) is 1.05. The Balaban J connectivity index is 1.83. The van der Waals surface area contributed by atoms with Crippen molar-refractivity contribution >= 4 is 11.9 Å². The van der Waals surface area contributed by atoms with E-state index in [9.17, 15) is 9.59 Å². The van der Waals surface area contributed by atoms with Crippen molar-refractivity contribution < 1.29 is 19.1 Å². The summed E-state index contributed by atoms with van der Waals surface area (Å²) in [4.78, 5) is 24.0. The minimum absolute atomic E-state index is 0.326. The monoisotopic (exact) mass is 408 g/mol. The standard InChI is InChI=1S/C24H28N2O4/c1-29-23(27)21(17-19-11-5-3-6-12-19)25-15-9-10-16-26-22(24(28)30-2)18-20-13-7-4-8-14-20/h3-8,11-14,21-22,25-26H,15-18H2,1-2H3/t21-,22-/m0/s1. The van der Waals surface area contributed by atoms with Gasteiger partial charge in [0.2, 0.25) is 0 Å². The fraction of sp³-hybridized carbons (Fsp3) is 0.333. The molecule has 0 spiro atoms. The second-order valence-electron chi connectivity index (χ2n) is 6.65. The Bertz CT molecular complexity index is 774. The highest BCUT2D eigenvalue weighted by Crippen LogP contribution is 2.05. The third-order valence-corrected chi connectivity index (χ3v) is 4.54. The molecule has 30 heavy (non-hydrogen) atoms. The number of ether oxygens (including phenoxy) is 2. The molecule has 2 rings (SSSR count). The zero-order chi connectivity index (χ0) is 21.6. The molecule has 0 aliphatic rings. The van der Waals surface area contributed by atoms with E-state index in [1.54, 1.807) is 0 Å². The van der Waals surface area contributed by atoms with E-state index in [0.717, 1.165) is 11.1 Å². The molecule has 0 bridgehead atoms. The first-order valence-corrected chi connectivity index (χ1v) is 9.80. The third-order valence-electron chi connectivity index (χ3n) is 4.54. The number of methoxy groups -OCH3 is 2. The maximum atomic E-state index is 12.0. The van der Waals surface area contributed by atoms with Gasteiger partial charge in [-0.05, 0) is 24.0 Å². The van der Waals surface area contributed by atoms with E-state index >= 15 is 0 Å². The number of rotatable bonds is 10. The fourth-order valence-electron chi connectivity index (χ4n) is 2.94. The molecular formula is C24H28N2O4. The van der Waals surface area contributed by atoms with E-state index in [0.29, 0.717) is 25.9 Å². The van der Waals surface area contributed by atoms with Crippen molar-refractivity contribution in [2.75, 3.05) is 27.3 Å². The van der Waals surface area contributed by atoms with Gasteiger partial charge in [0.1, 0.15) is 12.1 Å². The number of hydrogen-bond donors (Lipinski definition) is 2. The van der Waals surface area contributed by atoms with E-state index in [1.807, 2.05) is 60.7 Å². The van der Waals surface area contributed by atoms with Crippen molar-refractivity contribution in [2.45, 2.75) is 24.9 Å². The topological polar surface area (TPSA) is 76.7 Å². The number of carbonyl (C=O) groups excluding carboxylic acids is 2. The van der Waals surface area contributed by atoms with Gasteiger partial charge in [0.15, 0.2) is 0 Å². The Labute approximate surface area is 178 Å². The molecule has 0 amide bonds. The molecule has 0 aliphatic carbocycles. The lowest BCUT2D eigenvalue weighted by Crippen LogP contribution is -2.40. The van der Waals surface area contributed by atoms with Gasteiger partial charge in [-0.25, -0.2) is 0 Å². The summed E-state index contributed by atoms with van der Waals surface area (Å²) in [6, 6.07) is 18.5. The lowest BCUT2D eigenvalue weighted by Gasteiger charge is -2.15. The van der Waals surface area contributed by atoms with E-state index in [-0.39, 0.29) is 11.9 Å². The molecule has 0 aliphatic heterocycles. The zero-order valence-electron chi connectivity index (χ0n) is 17.4. The van der Waals surface area contributed by atoms with Crippen molar-refractivity contribution in [2.24, 2.45) is 0 Å². The Kier molecular flexibility index (Phi) is 10.1. The van der Waals surface area contributed by atoms with Gasteiger partial charge in [-0.15, -0.1) is 0 Å². The van der Waals surface area contributed by atoms with Crippen LogP contribution in [-0.2, 0) is 31.9 Å². The maximum Gasteiger partial charge on any atom is 0.323 e. The van der Waals surface area contributed by atoms with Crippen LogP contribution < -0.4 is 10.6 Å². The second kappa shape index (κ2) is 13.2. The van der Waals surface area contributed by atoms with E-state index in [2.05, 4.69) is 22.5 Å². The summed E-state index contributed by atoms with van der Waals surface area (Å²) < 4.78 is 9.75. The first-order chi connectivity index (χ1) is 14.6. The number of benzene rings is 2. The number of carbonyl (C=O) groups is 2. The first kappa shape index (κ1) is 23.1. The molecule has 0 heterocycles. The molecule has 6 nitrogen and oxygen atoms in total. The SMILES string of the molecule is COC(=O)[C@H](Cc1ccccc1)NCC#CCN[C@@H](Cc1ccccc1)C(=O)OC. The third kappa shape index (κ3) is 8.08. The Hall–Kier alpha value is -3.14. The predicted molar refractivity (Wildman–Crippen MR) is 116 cm³/mol. The maximum absolute atomic E-state index is 12.0. The van der Waals surface area contributed by atoms with E-state index in [1.165, 1.54) is 14.2 Å². The molecule has 2 aromatic rings. The Morgan fingerprint density at radius 2 is 1.10 bits per heavy atom. The zero-order valence-corrected chi connectivity index (χ0v) is 17.4. The van der Waals surface area contributed by atoms with Crippen LogP contribution >= 0.6 is 0 Å². The van der Waals surface area contributed by atoms with Crippen LogP contribution in [0, 0.1) is 11.8 Å². The fourth-order valence-corrected chi connectivity index (χ4v) is 2.94. The molecular weight excluding hydrogens is 380 g/mol. The van der Waals surface area contributed by atoms with Crippen LogP contribution in [0.3, 0.4) is 0 Å². The largest absolute Gasteiger partial charge is 0.468 e. The number of esters is 2. The van der Waals surface area contributed by atoms with E-state index in [4.69, 9.17) is 9.47 Å². The highest BCUT2D eigenvalue weighted by molar-refractivity contribution is 5.76. The van der Waals surface area contributed by atoms with Crippen LogP contribution in [0.1, 0.15) is 11.1 Å². The van der Waals surface area contributed by atoms with Gasteiger partial charge < -0.3 is 9.47 Å². The summed E-state index contributed by atoms with van der Waals surface area (Å²) in [5.74, 6) is 5.29. The second-order valence-corrected chi connectivity index (χ2v) is 6.65. The van der Waals surface area contributed by atoms with Gasteiger partial charge in [-0.3, -0.25) is 20.2 Å². The smallest absolute Gasteiger partial charge is 0.323 e. The van der Waals surface area contributed by atoms with Crippen LogP contribution in [0.2, 0.25) is 0 Å². The first-order valence-electron chi connectivity index (χ1n) is 9.80. The average Bonchev–Trinajstić information content (AvgIpc) is 2.79. The summed E-state index contributed by atoms with van der Waals surface area (Å²) >= 11 is 0. The molecule has 0 saturated heterocycles. The quantitative estimate of drug-likeness (QED) is 0.461. The molecule has 2 atom stereocenters. The van der Waals surface area contributed by atoms with Crippen molar-refractivity contribution in [1.82, 2.24) is 10.6 Å². The molecule has 6 heteroatoms. The van der Waals surface area contributed by atoms with Gasteiger partial charge in [0.25, 0.3) is 0 Å². The summed E-state index contributed by atoms with van der Waals surface area (Å²) in [7, 11) is 2.74. The molecule has 158 valence electrons. The lowest BCUT2D eigenvalue weighted by atomic mass is 10.1. The average molecular weight is 408 g/mol. The van der Waals surface area contributed by atoms with Crippen molar-refractivity contribution in [3.8, 4) is 11.8 Å². The van der Waals surface area contributed by atoms with Crippen molar-refractivity contribution in [3.05, 3.63) is 71.8 Å². The van der Waals surface area contributed by atoms with Crippen molar-refractivity contribution in [1.29, 1.82) is 0 Å². The number of hydrogen-bond acceptors (Lipinski definition) is 6. The molecule has 0 radical (unpaired) electrons. The molecule has 0 saturated carbocycles.